The van der Waals surface area contributed by atoms with Crippen molar-refractivity contribution < 1.29 is 10.2 Å². The van der Waals surface area contributed by atoms with Crippen molar-refractivity contribution in [2.24, 2.45) is 5.73 Å². The van der Waals surface area contributed by atoms with E-state index >= 15 is 0 Å². The quantitative estimate of drug-likeness (QED) is 0.675. The average molecular weight is 201 g/mol. The molecule has 0 aliphatic heterocycles. The predicted octanol–water partition coefficient (Wildman–Crippen LogP) is 0.800. The highest BCUT2D eigenvalue weighted by molar-refractivity contribution is 7.10. The molecular weight excluding hydrogens is 186 g/mol. The first-order valence-corrected chi connectivity index (χ1v) is 5.15. The van der Waals surface area contributed by atoms with Gasteiger partial charge in [-0.05, 0) is 36.9 Å². The topological polar surface area (TPSA) is 66.5 Å². The van der Waals surface area contributed by atoms with Gasteiger partial charge in [0.05, 0.1) is 6.10 Å². The summed E-state index contributed by atoms with van der Waals surface area (Å²) in [6, 6.07) is 1.93. The lowest BCUT2D eigenvalue weighted by atomic mass is 10.1. The minimum atomic E-state index is -0.788. The predicted molar refractivity (Wildman–Crippen MR) is 53.7 cm³/mol. The molecule has 0 amide bonds. The zero-order chi connectivity index (χ0) is 9.84. The van der Waals surface area contributed by atoms with Crippen molar-refractivity contribution in [1.82, 2.24) is 0 Å². The third kappa shape index (κ3) is 2.51. The van der Waals surface area contributed by atoms with E-state index in [1.54, 1.807) is 0 Å². The van der Waals surface area contributed by atoms with E-state index in [1.807, 2.05) is 18.4 Å². The lowest BCUT2D eigenvalue weighted by molar-refractivity contribution is 0.0168. The van der Waals surface area contributed by atoms with Crippen LogP contribution in [0.1, 0.15) is 23.0 Å². The van der Waals surface area contributed by atoms with Crippen LogP contribution in [0.4, 0.5) is 0 Å². The van der Waals surface area contributed by atoms with Gasteiger partial charge in [-0.2, -0.15) is 0 Å². The Balaban J connectivity index is 2.67. The Bertz CT molecular complexity index is 262. The summed E-state index contributed by atoms with van der Waals surface area (Å²) in [7, 11) is 0. The highest BCUT2D eigenvalue weighted by atomic mass is 32.1. The number of aryl methyl sites for hydroxylation is 1. The van der Waals surface area contributed by atoms with E-state index in [4.69, 9.17) is 5.73 Å². The molecule has 0 saturated carbocycles. The van der Waals surface area contributed by atoms with Crippen LogP contribution in [0.5, 0.6) is 0 Å². The Morgan fingerprint density at radius 2 is 2.23 bits per heavy atom. The molecule has 1 rings (SSSR count). The van der Waals surface area contributed by atoms with Crippen molar-refractivity contribution in [3.8, 4) is 0 Å². The van der Waals surface area contributed by atoms with Crippen LogP contribution in [0.25, 0.3) is 0 Å². The van der Waals surface area contributed by atoms with E-state index in [0.717, 1.165) is 10.4 Å². The smallest absolute Gasteiger partial charge is 0.114 e. The summed E-state index contributed by atoms with van der Waals surface area (Å²) in [5.74, 6) is 0. The molecule has 1 aromatic rings. The maximum Gasteiger partial charge on any atom is 0.114 e. The van der Waals surface area contributed by atoms with E-state index in [2.05, 4.69) is 0 Å². The molecule has 0 fully saturated rings. The van der Waals surface area contributed by atoms with Crippen LogP contribution in [-0.4, -0.2) is 22.9 Å². The van der Waals surface area contributed by atoms with Crippen molar-refractivity contribution in [3.63, 3.8) is 0 Å². The van der Waals surface area contributed by atoms with Gasteiger partial charge in [0.1, 0.15) is 6.10 Å². The Morgan fingerprint density at radius 3 is 2.69 bits per heavy atom. The van der Waals surface area contributed by atoms with Gasteiger partial charge < -0.3 is 15.9 Å². The molecule has 2 atom stereocenters. The molecule has 13 heavy (non-hydrogen) atoms. The van der Waals surface area contributed by atoms with Crippen LogP contribution >= 0.6 is 11.3 Å². The Morgan fingerprint density at radius 1 is 1.54 bits per heavy atom. The maximum absolute atomic E-state index is 9.69. The van der Waals surface area contributed by atoms with Gasteiger partial charge in [-0.3, -0.25) is 0 Å². The first-order chi connectivity index (χ1) is 6.16. The molecule has 3 nitrogen and oxygen atoms in total. The van der Waals surface area contributed by atoms with E-state index in [-0.39, 0.29) is 0 Å². The molecule has 0 saturated heterocycles. The van der Waals surface area contributed by atoms with Gasteiger partial charge in [0.15, 0.2) is 0 Å². The third-order valence-electron chi connectivity index (χ3n) is 2.00. The SMILES string of the molecule is Cc1ccsc1C(O)C(O)CCN. The van der Waals surface area contributed by atoms with E-state index in [1.165, 1.54) is 11.3 Å². The number of aliphatic hydroxyl groups is 2. The highest BCUT2D eigenvalue weighted by Gasteiger charge is 2.19. The van der Waals surface area contributed by atoms with E-state index < -0.39 is 12.2 Å². The first-order valence-electron chi connectivity index (χ1n) is 4.27. The van der Waals surface area contributed by atoms with Gasteiger partial charge in [0, 0.05) is 4.88 Å². The van der Waals surface area contributed by atoms with Crippen LogP contribution in [0.3, 0.4) is 0 Å². The van der Waals surface area contributed by atoms with Gasteiger partial charge in [-0.1, -0.05) is 0 Å². The summed E-state index contributed by atoms with van der Waals surface area (Å²) in [6.45, 7) is 2.31. The Kier molecular flexibility index (Phi) is 3.87. The molecule has 2 unspecified atom stereocenters. The van der Waals surface area contributed by atoms with Crippen LogP contribution < -0.4 is 5.73 Å². The van der Waals surface area contributed by atoms with Gasteiger partial charge in [0.2, 0.25) is 0 Å². The largest absolute Gasteiger partial charge is 0.390 e. The number of thiophene rings is 1. The Labute approximate surface area is 81.8 Å². The summed E-state index contributed by atoms with van der Waals surface area (Å²) >= 11 is 1.46. The number of rotatable bonds is 4. The lowest BCUT2D eigenvalue weighted by Gasteiger charge is -2.16. The second-order valence-electron chi connectivity index (χ2n) is 3.06. The summed E-state index contributed by atoms with van der Waals surface area (Å²) in [5.41, 5.74) is 6.31. The van der Waals surface area contributed by atoms with Gasteiger partial charge in [0.25, 0.3) is 0 Å². The average Bonchev–Trinajstić information content (AvgIpc) is 2.50. The molecule has 4 N–H and O–H groups in total. The minimum Gasteiger partial charge on any atom is -0.390 e. The van der Waals surface area contributed by atoms with Crippen LogP contribution in [-0.2, 0) is 0 Å². The standard InChI is InChI=1S/C9H15NO2S/c1-6-3-5-13-9(6)8(12)7(11)2-4-10/h3,5,7-8,11-12H,2,4,10H2,1H3. The fraction of sp³-hybridized carbons (Fsp3) is 0.556. The summed E-state index contributed by atoms with van der Waals surface area (Å²) < 4.78 is 0. The third-order valence-corrected chi connectivity index (χ3v) is 3.09. The monoisotopic (exact) mass is 201 g/mol. The fourth-order valence-corrected chi connectivity index (χ4v) is 2.16. The molecule has 0 bridgehead atoms. The van der Waals surface area contributed by atoms with Crippen molar-refractivity contribution >= 4 is 11.3 Å². The van der Waals surface area contributed by atoms with Crippen molar-refractivity contribution in [3.05, 3.63) is 21.9 Å². The second kappa shape index (κ2) is 4.72. The number of aliphatic hydroxyl groups excluding tert-OH is 2. The van der Waals surface area contributed by atoms with Gasteiger partial charge in [-0.25, -0.2) is 0 Å². The van der Waals surface area contributed by atoms with Crippen molar-refractivity contribution in [2.75, 3.05) is 6.54 Å². The minimum absolute atomic E-state index is 0.392. The molecule has 0 spiro atoms. The number of nitrogens with two attached hydrogens (primary N) is 1. The van der Waals surface area contributed by atoms with Gasteiger partial charge in [-0.15, -0.1) is 11.3 Å². The molecule has 74 valence electrons. The summed E-state index contributed by atoms with van der Waals surface area (Å²) in [4.78, 5) is 0.834. The molecule has 4 heteroatoms. The molecule has 1 heterocycles. The van der Waals surface area contributed by atoms with Crippen LogP contribution in [0.2, 0.25) is 0 Å². The molecule has 0 aliphatic carbocycles. The van der Waals surface area contributed by atoms with Crippen molar-refractivity contribution in [1.29, 1.82) is 0 Å². The van der Waals surface area contributed by atoms with Crippen LogP contribution in [0.15, 0.2) is 11.4 Å². The molecule has 1 aromatic heterocycles. The van der Waals surface area contributed by atoms with Crippen molar-refractivity contribution in [2.45, 2.75) is 25.6 Å². The lowest BCUT2D eigenvalue weighted by Crippen LogP contribution is -2.21. The molecule has 0 radical (unpaired) electrons. The molecule has 0 aromatic carbocycles. The zero-order valence-electron chi connectivity index (χ0n) is 7.60. The van der Waals surface area contributed by atoms with E-state index in [0.29, 0.717) is 13.0 Å². The highest BCUT2D eigenvalue weighted by Crippen LogP contribution is 2.26. The van der Waals surface area contributed by atoms with Crippen LogP contribution in [0, 0.1) is 6.92 Å². The summed E-state index contributed by atoms with van der Waals surface area (Å²) in [6.07, 6.45) is -1.11. The fourth-order valence-electron chi connectivity index (χ4n) is 1.19. The zero-order valence-corrected chi connectivity index (χ0v) is 8.42. The molecule has 0 aliphatic rings. The van der Waals surface area contributed by atoms with Gasteiger partial charge >= 0.3 is 0 Å². The normalized spacial score (nSPS) is 15.7. The first kappa shape index (κ1) is 10.7. The van der Waals surface area contributed by atoms with E-state index in [9.17, 15) is 10.2 Å². The number of hydrogen-bond acceptors (Lipinski definition) is 4. The summed E-state index contributed by atoms with van der Waals surface area (Å²) in [5, 5.41) is 21.1. The number of hydrogen-bond donors (Lipinski definition) is 3. The Hall–Kier alpha value is -0.420. The molecular formula is C9H15NO2S. The second-order valence-corrected chi connectivity index (χ2v) is 4.01. The maximum atomic E-state index is 9.69.